The number of carboxylic acid groups (broad SMARTS) is 1. The minimum absolute atomic E-state index is 0.00386. The number of esters is 3. The van der Waals surface area contributed by atoms with Gasteiger partial charge in [-0.15, -0.1) is 0 Å². The first-order chi connectivity index (χ1) is 16.8. The molecule has 9 nitrogen and oxygen atoms in total. The number of ether oxygens (including phenoxy) is 3. The van der Waals surface area contributed by atoms with Gasteiger partial charge >= 0.3 is 23.9 Å². The van der Waals surface area contributed by atoms with E-state index in [2.05, 4.69) is 0 Å². The Morgan fingerprint density at radius 3 is 1.86 bits per heavy atom. The lowest BCUT2D eigenvalue weighted by Crippen LogP contribution is -2.52. The molecular weight excluding hydrogens is 478 g/mol. The molecule has 1 aromatic rings. The van der Waals surface area contributed by atoms with Crippen molar-refractivity contribution in [2.24, 2.45) is 16.6 Å². The van der Waals surface area contributed by atoms with E-state index in [9.17, 15) is 24.3 Å². The van der Waals surface area contributed by atoms with Gasteiger partial charge in [0.15, 0.2) is 11.5 Å². The quantitative estimate of drug-likeness (QED) is 0.292. The van der Waals surface area contributed by atoms with E-state index in [0.29, 0.717) is 12.0 Å². The van der Waals surface area contributed by atoms with Crippen LogP contribution in [0.1, 0.15) is 93.1 Å². The Morgan fingerprint density at radius 2 is 1.41 bits per heavy atom. The van der Waals surface area contributed by atoms with Crippen molar-refractivity contribution >= 4 is 23.9 Å². The molecular formula is C28H43NO8. The van der Waals surface area contributed by atoms with E-state index in [-0.39, 0.29) is 54.4 Å². The largest absolute Gasteiger partial charge is 0.480 e. The molecule has 0 aromatic heterocycles. The van der Waals surface area contributed by atoms with Crippen molar-refractivity contribution in [2.75, 3.05) is 0 Å². The van der Waals surface area contributed by atoms with Gasteiger partial charge in [0, 0.05) is 19.3 Å². The zero-order valence-corrected chi connectivity index (χ0v) is 23.4. The maximum Gasteiger partial charge on any atom is 0.324 e. The Labute approximate surface area is 220 Å². The number of hydrogen-bond acceptors (Lipinski definition) is 8. The molecule has 0 aliphatic carbocycles. The molecule has 0 fully saturated rings. The topological polar surface area (TPSA) is 142 Å². The summed E-state index contributed by atoms with van der Waals surface area (Å²) in [5.74, 6) is -2.64. The zero-order valence-electron chi connectivity index (χ0n) is 23.4. The summed E-state index contributed by atoms with van der Waals surface area (Å²) in [6.45, 7) is 14.8. The lowest BCUT2D eigenvalue weighted by molar-refractivity contribution is -0.153. The third-order valence-electron chi connectivity index (χ3n) is 5.19. The van der Waals surface area contributed by atoms with E-state index in [1.807, 2.05) is 48.5 Å². The predicted octanol–water partition coefficient (Wildman–Crippen LogP) is 4.82. The fourth-order valence-corrected chi connectivity index (χ4v) is 3.65. The Bertz CT molecular complexity index is 973. The van der Waals surface area contributed by atoms with Crippen LogP contribution in [0.5, 0.6) is 11.5 Å². The number of aliphatic carboxylic acids is 1. The Hall–Kier alpha value is -2.94. The number of carbonyl (C=O) groups excluding carboxylic acids is 3. The van der Waals surface area contributed by atoms with Crippen LogP contribution in [-0.2, 0) is 30.3 Å². The fourth-order valence-electron chi connectivity index (χ4n) is 3.65. The van der Waals surface area contributed by atoms with Gasteiger partial charge in [-0.1, -0.05) is 54.5 Å². The lowest BCUT2D eigenvalue weighted by atomic mass is 9.86. The minimum atomic E-state index is -1.76. The number of rotatable bonds is 12. The average molecular weight is 522 g/mol. The molecule has 0 aliphatic rings. The van der Waals surface area contributed by atoms with Crippen molar-refractivity contribution in [3.05, 3.63) is 23.8 Å². The highest BCUT2D eigenvalue weighted by Crippen LogP contribution is 2.33. The summed E-state index contributed by atoms with van der Waals surface area (Å²) in [6.07, 6.45) is 0.112. The first-order valence-electron chi connectivity index (χ1n) is 12.6. The van der Waals surface area contributed by atoms with Crippen LogP contribution >= 0.6 is 0 Å². The molecule has 0 radical (unpaired) electrons. The van der Waals surface area contributed by atoms with Crippen LogP contribution in [0.25, 0.3) is 0 Å². The third-order valence-corrected chi connectivity index (χ3v) is 5.19. The molecule has 3 N–H and O–H groups in total. The normalized spacial score (nSPS) is 14.3. The average Bonchev–Trinajstić information content (AvgIpc) is 2.66. The van der Waals surface area contributed by atoms with Crippen LogP contribution in [0, 0.1) is 10.8 Å². The molecule has 37 heavy (non-hydrogen) atoms. The highest BCUT2D eigenvalue weighted by molar-refractivity contribution is 5.80. The second kappa shape index (κ2) is 13.0. The van der Waals surface area contributed by atoms with Crippen molar-refractivity contribution in [2.45, 2.75) is 106 Å². The number of nitrogens with two attached hydrogens (primary N) is 1. The maximum absolute atomic E-state index is 12.6. The molecule has 0 aliphatic heterocycles. The molecule has 2 atom stereocenters. The summed E-state index contributed by atoms with van der Waals surface area (Å²) < 4.78 is 16.3. The molecule has 0 saturated heterocycles. The van der Waals surface area contributed by atoms with Crippen molar-refractivity contribution in [1.82, 2.24) is 0 Å². The maximum atomic E-state index is 12.6. The Morgan fingerprint density at radius 1 is 0.892 bits per heavy atom. The Balaban J connectivity index is 3.25. The Kier molecular flexibility index (Phi) is 11.3. The van der Waals surface area contributed by atoms with Crippen molar-refractivity contribution in [1.29, 1.82) is 0 Å². The zero-order chi connectivity index (χ0) is 28.6. The van der Waals surface area contributed by atoms with Crippen LogP contribution in [-0.4, -0.2) is 40.6 Å². The summed E-state index contributed by atoms with van der Waals surface area (Å²) in [5, 5.41) is 9.88. The second-order valence-corrected chi connectivity index (χ2v) is 12.1. The molecule has 208 valence electrons. The summed E-state index contributed by atoms with van der Waals surface area (Å²) in [7, 11) is 0. The van der Waals surface area contributed by atoms with Crippen molar-refractivity contribution < 1.29 is 38.5 Å². The van der Waals surface area contributed by atoms with E-state index < -0.39 is 35.5 Å². The number of carboxylic acids is 1. The van der Waals surface area contributed by atoms with Crippen molar-refractivity contribution in [3.63, 3.8) is 0 Å². The molecule has 1 aromatic carbocycles. The number of hydrogen-bond donors (Lipinski definition) is 2. The van der Waals surface area contributed by atoms with E-state index in [0.717, 1.165) is 0 Å². The lowest BCUT2D eigenvalue weighted by Gasteiger charge is -2.28. The molecule has 1 unspecified atom stereocenters. The van der Waals surface area contributed by atoms with Gasteiger partial charge in [0.25, 0.3) is 0 Å². The molecule has 0 heterocycles. The van der Waals surface area contributed by atoms with Crippen LogP contribution in [0.15, 0.2) is 18.2 Å². The predicted molar refractivity (Wildman–Crippen MR) is 139 cm³/mol. The molecule has 0 spiro atoms. The molecule has 1 rings (SSSR count). The highest BCUT2D eigenvalue weighted by atomic mass is 16.6. The molecule has 0 saturated carbocycles. The summed E-state index contributed by atoms with van der Waals surface area (Å²) >= 11 is 0. The van der Waals surface area contributed by atoms with Crippen LogP contribution in [0.3, 0.4) is 0 Å². The SMILES string of the molecule is CCCC(=O)O[C@@H](C)CC(N)(Cc1ccc(OC(=O)CC(C)(C)C)c(OC(=O)CC(C)(C)C)c1)C(=O)O. The summed E-state index contributed by atoms with van der Waals surface area (Å²) in [4.78, 5) is 49.0. The van der Waals surface area contributed by atoms with Crippen molar-refractivity contribution in [3.8, 4) is 11.5 Å². The minimum Gasteiger partial charge on any atom is -0.480 e. The third kappa shape index (κ3) is 12.2. The smallest absolute Gasteiger partial charge is 0.324 e. The van der Waals surface area contributed by atoms with E-state index in [4.69, 9.17) is 19.9 Å². The molecule has 9 heteroatoms. The number of benzene rings is 1. The summed E-state index contributed by atoms with van der Waals surface area (Å²) in [6, 6.07) is 4.49. The molecule has 0 bridgehead atoms. The van der Waals surface area contributed by atoms with Gasteiger partial charge in [0.05, 0.1) is 12.8 Å². The first-order valence-corrected chi connectivity index (χ1v) is 12.6. The van der Waals surface area contributed by atoms with Gasteiger partial charge in [0.1, 0.15) is 11.6 Å². The van der Waals surface area contributed by atoms with E-state index >= 15 is 0 Å². The van der Waals surface area contributed by atoms with Gasteiger partial charge in [0.2, 0.25) is 0 Å². The van der Waals surface area contributed by atoms with Gasteiger partial charge < -0.3 is 25.1 Å². The van der Waals surface area contributed by atoms with E-state index in [1.165, 1.54) is 12.1 Å². The van der Waals surface area contributed by atoms with Crippen LogP contribution in [0.4, 0.5) is 0 Å². The van der Waals surface area contributed by atoms with Gasteiger partial charge in [-0.05, 0) is 41.9 Å². The second-order valence-electron chi connectivity index (χ2n) is 12.1. The van der Waals surface area contributed by atoms with Gasteiger partial charge in [-0.2, -0.15) is 0 Å². The highest BCUT2D eigenvalue weighted by Gasteiger charge is 2.37. The molecule has 0 amide bonds. The standard InChI is InChI=1S/C28H43NO8/c1-9-10-22(30)35-18(2)14-28(29,25(33)34)15-19-11-12-20(36-23(31)16-26(3,4)5)21(13-19)37-24(32)17-27(6,7)8/h11-13,18H,9-10,14-17,29H2,1-8H3,(H,33,34)/t18-,28?/m0/s1. The van der Waals surface area contributed by atoms with Crippen LogP contribution < -0.4 is 15.2 Å². The monoisotopic (exact) mass is 521 g/mol. The fraction of sp³-hybridized carbons (Fsp3) is 0.643. The summed E-state index contributed by atoms with van der Waals surface area (Å²) in [5.41, 5.74) is 4.31. The van der Waals surface area contributed by atoms with Gasteiger partial charge in [-0.3, -0.25) is 19.2 Å². The number of carbonyl (C=O) groups is 4. The van der Waals surface area contributed by atoms with Gasteiger partial charge in [-0.25, -0.2) is 0 Å². The van der Waals surface area contributed by atoms with E-state index in [1.54, 1.807) is 13.0 Å². The first kappa shape index (κ1) is 32.1. The van der Waals surface area contributed by atoms with Crippen LogP contribution in [0.2, 0.25) is 0 Å².